The van der Waals surface area contributed by atoms with Gasteiger partial charge in [-0.05, 0) is 55.7 Å². The van der Waals surface area contributed by atoms with Crippen LogP contribution < -0.4 is 10.1 Å². The summed E-state index contributed by atoms with van der Waals surface area (Å²) in [4.78, 5) is 11.9. The predicted molar refractivity (Wildman–Crippen MR) is 94.6 cm³/mol. The van der Waals surface area contributed by atoms with Crippen molar-refractivity contribution >= 4 is 5.91 Å². The zero-order valence-electron chi connectivity index (χ0n) is 14.3. The number of carbonyl (C=O) groups is 1. The molecule has 2 aromatic rings. The van der Waals surface area contributed by atoms with E-state index in [0.29, 0.717) is 11.3 Å². The molecule has 0 saturated heterocycles. The van der Waals surface area contributed by atoms with Crippen LogP contribution in [0.5, 0.6) is 5.75 Å². The molecule has 0 aliphatic carbocycles. The maximum Gasteiger partial charge on any atom is 0.258 e. The SMILES string of the molecule is CCC(C)(C)NC(=O)COc1ccc(-c2ccc(C#N)cc2)cc1. The molecular weight excluding hydrogens is 300 g/mol. The molecule has 2 rings (SSSR count). The highest BCUT2D eigenvalue weighted by atomic mass is 16.5. The number of carbonyl (C=O) groups excluding carboxylic acids is 1. The summed E-state index contributed by atoms with van der Waals surface area (Å²) in [5, 5.41) is 11.8. The Labute approximate surface area is 143 Å². The Bertz CT molecular complexity index is 726. The largest absolute Gasteiger partial charge is 0.484 e. The summed E-state index contributed by atoms with van der Waals surface area (Å²) < 4.78 is 5.53. The smallest absolute Gasteiger partial charge is 0.258 e. The molecular formula is C20H22N2O2. The molecule has 0 atom stereocenters. The van der Waals surface area contributed by atoms with Gasteiger partial charge in [0.1, 0.15) is 5.75 Å². The fourth-order valence-corrected chi connectivity index (χ4v) is 2.13. The number of nitrogens with zero attached hydrogens (tertiary/aromatic N) is 1. The number of hydrogen-bond donors (Lipinski definition) is 1. The average Bonchev–Trinajstić information content (AvgIpc) is 2.60. The van der Waals surface area contributed by atoms with E-state index in [-0.39, 0.29) is 18.1 Å². The monoisotopic (exact) mass is 322 g/mol. The second-order valence-electron chi connectivity index (χ2n) is 6.29. The molecule has 0 saturated carbocycles. The third-order valence-electron chi connectivity index (χ3n) is 3.93. The third kappa shape index (κ3) is 4.85. The van der Waals surface area contributed by atoms with E-state index in [9.17, 15) is 4.79 Å². The Hall–Kier alpha value is -2.80. The lowest BCUT2D eigenvalue weighted by molar-refractivity contribution is -0.124. The first-order valence-electron chi connectivity index (χ1n) is 7.98. The number of nitrogens with one attached hydrogen (secondary N) is 1. The highest BCUT2D eigenvalue weighted by Crippen LogP contribution is 2.22. The normalized spacial score (nSPS) is 10.8. The third-order valence-corrected chi connectivity index (χ3v) is 3.93. The zero-order chi connectivity index (χ0) is 17.6. The molecule has 24 heavy (non-hydrogen) atoms. The van der Waals surface area contributed by atoms with Crippen LogP contribution in [0.25, 0.3) is 11.1 Å². The highest BCUT2D eigenvalue weighted by Gasteiger charge is 2.17. The molecule has 0 heterocycles. The Morgan fingerprint density at radius 1 is 1.08 bits per heavy atom. The lowest BCUT2D eigenvalue weighted by Gasteiger charge is -2.24. The van der Waals surface area contributed by atoms with Gasteiger partial charge in [0.15, 0.2) is 6.61 Å². The van der Waals surface area contributed by atoms with Crippen molar-refractivity contribution in [3.63, 3.8) is 0 Å². The van der Waals surface area contributed by atoms with Gasteiger partial charge in [0.2, 0.25) is 0 Å². The molecule has 1 amide bonds. The van der Waals surface area contributed by atoms with Crippen molar-refractivity contribution in [2.75, 3.05) is 6.61 Å². The topological polar surface area (TPSA) is 62.1 Å². The van der Waals surface area contributed by atoms with E-state index in [0.717, 1.165) is 17.5 Å². The van der Waals surface area contributed by atoms with Gasteiger partial charge in [-0.2, -0.15) is 5.26 Å². The molecule has 0 aliphatic heterocycles. The first-order valence-corrected chi connectivity index (χ1v) is 7.98. The van der Waals surface area contributed by atoms with Gasteiger partial charge in [-0.25, -0.2) is 0 Å². The van der Waals surface area contributed by atoms with Gasteiger partial charge in [-0.15, -0.1) is 0 Å². The minimum atomic E-state index is -0.222. The molecule has 1 N–H and O–H groups in total. The van der Waals surface area contributed by atoms with Crippen molar-refractivity contribution in [2.24, 2.45) is 0 Å². The van der Waals surface area contributed by atoms with E-state index >= 15 is 0 Å². The predicted octanol–water partition coefficient (Wildman–Crippen LogP) is 3.91. The van der Waals surface area contributed by atoms with Crippen molar-refractivity contribution in [3.8, 4) is 22.9 Å². The first-order chi connectivity index (χ1) is 11.4. The van der Waals surface area contributed by atoms with E-state index in [4.69, 9.17) is 10.00 Å². The number of benzene rings is 2. The number of amides is 1. The van der Waals surface area contributed by atoms with Gasteiger partial charge in [-0.1, -0.05) is 31.2 Å². The summed E-state index contributed by atoms with van der Waals surface area (Å²) >= 11 is 0. The highest BCUT2D eigenvalue weighted by molar-refractivity contribution is 5.78. The van der Waals surface area contributed by atoms with Crippen molar-refractivity contribution in [1.82, 2.24) is 5.32 Å². The second-order valence-corrected chi connectivity index (χ2v) is 6.29. The zero-order valence-corrected chi connectivity index (χ0v) is 14.3. The number of hydrogen-bond acceptors (Lipinski definition) is 3. The molecule has 0 unspecified atom stereocenters. The maximum absolute atomic E-state index is 11.9. The lowest BCUT2D eigenvalue weighted by Crippen LogP contribution is -2.44. The van der Waals surface area contributed by atoms with Gasteiger partial charge < -0.3 is 10.1 Å². The molecule has 0 spiro atoms. The Balaban J connectivity index is 1.94. The van der Waals surface area contributed by atoms with Crippen LogP contribution in [0.2, 0.25) is 0 Å². The van der Waals surface area contributed by atoms with Crippen molar-refractivity contribution in [1.29, 1.82) is 5.26 Å². The number of nitriles is 1. The molecule has 0 aromatic heterocycles. The van der Waals surface area contributed by atoms with E-state index in [1.54, 1.807) is 12.1 Å². The Morgan fingerprint density at radius 2 is 1.62 bits per heavy atom. The van der Waals surface area contributed by atoms with Crippen LogP contribution in [-0.2, 0) is 4.79 Å². The first kappa shape index (κ1) is 17.6. The Kier molecular flexibility index (Phi) is 5.59. The van der Waals surface area contributed by atoms with E-state index in [1.165, 1.54) is 0 Å². The molecule has 4 heteroatoms. The molecule has 4 nitrogen and oxygen atoms in total. The fourth-order valence-electron chi connectivity index (χ4n) is 2.13. The summed E-state index contributed by atoms with van der Waals surface area (Å²) in [6, 6.07) is 17.1. The van der Waals surface area contributed by atoms with Crippen LogP contribution in [0.1, 0.15) is 32.8 Å². The molecule has 2 aromatic carbocycles. The molecule has 0 aliphatic rings. The molecule has 124 valence electrons. The van der Waals surface area contributed by atoms with Gasteiger partial charge in [-0.3, -0.25) is 4.79 Å². The van der Waals surface area contributed by atoms with Gasteiger partial charge in [0.25, 0.3) is 5.91 Å². The van der Waals surface area contributed by atoms with E-state index < -0.39 is 0 Å². The Morgan fingerprint density at radius 3 is 2.12 bits per heavy atom. The van der Waals surface area contributed by atoms with Crippen molar-refractivity contribution < 1.29 is 9.53 Å². The van der Waals surface area contributed by atoms with Gasteiger partial charge >= 0.3 is 0 Å². The number of ether oxygens (including phenoxy) is 1. The number of rotatable bonds is 6. The van der Waals surface area contributed by atoms with Crippen molar-refractivity contribution in [2.45, 2.75) is 32.7 Å². The van der Waals surface area contributed by atoms with Crippen LogP contribution in [0, 0.1) is 11.3 Å². The lowest BCUT2D eigenvalue weighted by atomic mass is 10.0. The minimum Gasteiger partial charge on any atom is -0.484 e. The van der Waals surface area contributed by atoms with Crippen LogP contribution in [-0.4, -0.2) is 18.1 Å². The van der Waals surface area contributed by atoms with Crippen LogP contribution >= 0.6 is 0 Å². The van der Waals surface area contributed by atoms with Gasteiger partial charge in [0, 0.05) is 5.54 Å². The minimum absolute atomic E-state index is 0.000354. The molecule has 0 bridgehead atoms. The van der Waals surface area contributed by atoms with Crippen molar-refractivity contribution in [3.05, 3.63) is 54.1 Å². The van der Waals surface area contributed by atoms with Gasteiger partial charge in [0.05, 0.1) is 11.6 Å². The standard InChI is InChI=1S/C20H22N2O2/c1-4-20(2,3)22-19(23)14-24-18-11-9-17(10-12-18)16-7-5-15(13-21)6-8-16/h5-12H,4,14H2,1-3H3,(H,22,23). The summed E-state index contributed by atoms with van der Waals surface area (Å²) in [5.74, 6) is 0.523. The maximum atomic E-state index is 11.9. The summed E-state index contributed by atoms with van der Waals surface area (Å²) in [6.45, 7) is 6.00. The van der Waals surface area contributed by atoms with E-state index in [1.807, 2.05) is 57.2 Å². The summed E-state index contributed by atoms with van der Waals surface area (Å²) in [7, 11) is 0. The van der Waals surface area contributed by atoms with Crippen LogP contribution in [0.4, 0.5) is 0 Å². The quantitative estimate of drug-likeness (QED) is 0.877. The molecule has 0 radical (unpaired) electrons. The summed E-state index contributed by atoms with van der Waals surface area (Å²) in [6.07, 6.45) is 0.859. The fraction of sp³-hybridized carbons (Fsp3) is 0.300. The second kappa shape index (κ2) is 7.65. The average molecular weight is 322 g/mol. The van der Waals surface area contributed by atoms with Crippen LogP contribution in [0.15, 0.2) is 48.5 Å². The van der Waals surface area contributed by atoms with Crippen LogP contribution in [0.3, 0.4) is 0 Å². The summed E-state index contributed by atoms with van der Waals surface area (Å²) in [5.41, 5.74) is 2.48. The van der Waals surface area contributed by atoms with E-state index in [2.05, 4.69) is 11.4 Å². The molecule has 0 fully saturated rings.